The summed E-state index contributed by atoms with van der Waals surface area (Å²) in [6.07, 6.45) is 24.7. The van der Waals surface area contributed by atoms with Gasteiger partial charge in [0.1, 0.15) is 0 Å². The molecule has 0 bridgehead atoms. The molecule has 1 fully saturated rings. The van der Waals surface area contributed by atoms with Crippen molar-refractivity contribution in [1.29, 1.82) is 5.26 Å². The topological polar surface area (TPSA) is 33.0 Å². The average molecular weight is 462 g/mol. The number of hydrogen-bond acceptors (Lipinski definition) is 2. The van der Waals surface area contributed by atoms with E-state index in [9.17, 15) is 5.26 Å². The van der Waals surface area contributed by atoms with Gasteiger partial charge in [0.15, 0.2) is 0 Å². The largest absolute Gasteiger partial charge is 0.370 e. The highest BCUT2D eigenvalue weighted by Crippen LogP contribution is 2.49. The predicted octanol–water partition coefficient (Wildman–Crippen LogP) is 9.43. The Bertz CT molecular complexity index is 809. The van der Waals surface area contributed by atoms with E-state index in [-0.39, 0.29) is 11.0 Å². The second kappa shape index (κ2) is 13.9. The summed E-state index contributed by atoms with van der Waals surface area (Å²) < 4.78 is 6.78. The highest BCUT2D eigenvalue weighted by atomic mass is 16.5. The molecule has 0 saturated heterocycles. The molecule has 0 heterocycles. The van der Waals surface area contributed by atoms with Crippen LogP contribution in [0.1, 0.15) is 116 Å². The van der Waals surface area contributed by atoms with Gasteiger partial charge in [0.05, 0.1) is 17.1 Å². The van der Waals surface area contributed by atoms with Crippen LogP contribution < -0.4 is 0 Å². The fraction of sp³-hybridized carbons (Fsp3) is 0.656. The van der Waals surface area contributed by atoms with Crippen LogP contribution >= 0.6 is 0 Å². The molecule has 2 nitrogen and oxygen atoms in total. The number of unbranched alkanes of at least 4 members (excludes halogenated alkanes) is 7. The molecule has 0 aliphatic heterocycles. The van der Waals surface area contributed by atoms with E-state index in [0.717, 1.165) is 51.6 Å². The van der Waals surface area contributed by atoms with E-state index in [1.54, 1.807) is 0 Å². The lowest BCUT2D eigenvalue weighted by Crippen LogP contribution is -2.43. The molecule has 0 spiro atoms. The number of hydrogen-bond donors (Lipinski definition) is 0. The van der Waals surface area contributed by atoms with Crippen LogP contribution in [0.15, 0.2) is 48.6 Å². The molecule has 0 amide bonds. The van der Waals surface area contributed by atoms with E-state index in [4.69, 9.17) is 4.74 Å². The van der Waals surface area contributed by atoms with Gasteiger partial charge in [-0.25, -0.2) is 0 Å². The average Bonchev–Trinajstić information content (AvgIpc) is 2.90. The van der Waals surface area contributed by atoms with Crippen LogP contribution in [0.5, 0.6) is 0 Å². The lowest BCUT2D eigenvalue weighted by molar-refractivity contribution is -0.0685. The van der Waals surface area contributed by atoms with Crippen molar-refractivity contribution >= 4 is 5.57 Å². The minimum atomic E-state index is -0.202. The number of benzene rings is 1. The zero-order valence-electron chi connectivity index (χ0n) is 21.9. The van der Waals surface area contributed by atoms with Crippen molar-refractivity contribution in [2.24, 2.45) is 11.3 Å². The monoisotopic (exact) mass is 461 g/mol. The maximum atomic E-state index is 10.1. The summed E-state index contributed by atoms with van der Waals surface area (Å²) in [5, 5.41) is 10.1. The molecular weight excluding hydrogens is 414 g/mol. The normalized spacial score (nSPS) is 26.7. The summed E-state index contributed by atoms with van der Waals surface area (Å²) in [5.41, 5.74) is 2.29. The van der Waals surface area contributed by atoms with E-state index >= 15 is 0 Å². The molecule has 1 atom stereocenters. The second-order valence-corrected chi connectivity index (χ2v) is 10.8. The van der Waals surface area contributed by atoms with E-state index in [1.165, 1.54) is 62.5 Å². The Labute approximate surface area is 209 Å². The highest BCUT2D eigenvalue weighted by molar-refractivity contribution is 5.75. The van der Waals surface area contributed by atoms with Crippen molar-refractivity contribution in [3.05, 3.63) is 54.1 Å². The van der Waals surface area contributed by atoms with E-state index in [1.807, 2.05) is 0 Å². The van der Waals surface area contributed by atoms with Gasteiger partial charge in [-0.1, -0.05) is 114 Å². The Morgan fingerprint density at radius 1 is 0.912 bits per heavy atom. The molecular formula is C32H47NO. The third kappa shape index (κ3) is 7.32. The van der Waals surface area contributed by atoms with Gasteiger partial charge in [0, 0.05) is 6.61 Å². The number of nitrogens with zero attached hydrogens (tertiary/aromatic N) is 1. The van der Waals surface area contributed by atoms with E-state index < -0.39 is 0 Å². The predicted molar refractivity (Wildman–Crippen MR) is 144 cm³/mol. The fourth-order valence-corrected chi connectivity index (χ4v) is 5.94. The molecule has 186 valence electrons. The molecule has 2 aliphatic rings. The molecule has 34 heavy (non-hydrogen) atoms. The molecule has 0 aromatic heterocycles. The zero-order chi connectivity index (χ0) is 24.1. The van der Waals surface area contributed by atoms with Crippen molar-refractivity contribution in [2.75, 3.05) is 6.61 Å². The highest BCUT2D eigenvalue weighted by Gasteiger charge is 2.44. The van der Waals surface area contributed by atoms with Crippen LogP contribution in [0.3, 0.4) is 0 Å². The van der Waals surface area contributed by atoms with Gasteiger partial charge in [-0.2, -0.15) is 5.26 Å². The lowest BCUT2D eigenvalue weighted by Gasteiger charge is -2.45. The number of allylic oxidation sites excluding steroid dienone is 2. The maximum absolute atomic E-state index is 10.1. The molecule has 0 N–H and O–H groups in total. The minimum absolute atomic E-state index is 0.102. The van der Waals surface area contributed by atoms with Gasteiger partial charge in [-0.15, -0.1) is 0 Å². The molecule has 2 aliphatic carbocycles. The van der Waals surface area contributed by atoms with Crippen molar-refractivity contribution < 1.29 is 4.74 Å². The quantitative estimate of drug-likeness (QED) is 0.258. The molecule has 2 heteroatoms. The van der Waals surface area contributed by atoms with Gasteiger partial charge in [0.2, 0.25) is 0 Å². The molecule has 0 radical (unpaired) electrons. The molecule has 1 saturated carbocycles. The number of rotatable bonds is 14. The summed E-state index contributed by atoms with van der Waals surface area (Å²) in [5.74, 6) is 0.505. The van der Waals surface area contributed by atoms with Gasteiger partial charge >= 0.3 is 0 Å². The molecule has 1 unspecified atom stereocenters. The van der Waals surface area contributed by atoms with Crippen LogP contribution in [0.4, 0.5) is 0 Å². The Balaban J connectivity index is 1.64. The third-order valence-electron chi connectivity index (χ3n) is 8.29. The van der Waals surface area contributed by atoms with Gasteiger partial charge in [-0.3, -0.25) is 0 Å². The van der Waals surface area contributed by atoms with Crippen LogP contribution in [-0.2, 0) is 4.74 Å². The summed E-state index contributed by atoms with van der Waals surface area (Å²) in [6.45, 7) is 5.37. The molecule has 3 rings (SSSR count). The van der Waals surface area contributed by atoms with Gasteiger partial charge in [-0.05, 0) is 62.0 Å². The first-order valence-corrected chi connectivity index (χ1v) is 14.2. The first-order chi connectivity index (χ1) is 16.7. The smallest absolute Gasteiger partial charge is 0.0928 e. The summed E-state index contributed by atoms with van der Waals surface area (Å²) in [6, 6.07) is 13.4. The van der Waals surface area contributed by atoms with E-state index in [2.05, 4.69) is 68.5 Å². The summed E-state index contributed by atoms with van der Waals surface area (Å²) in [4.78, 5) is 0. The van der Waals surface area contributed by atoms with Crippen LogP contribution in [0, 0.1) is 22.7 Å². The van der Waals surface area contributed by atoms with Crippen molar-refractivity contribution in [3.8, 4) is 6.07 Å². The SMILES string of the molecule is CCCCCCCOC1(C2CCC(C#N)(CCCCCC)CC2)C=CC(c2ccccc2)=CC1. The van der Waals surface area contributed by atoms with Crippen LogP contribution in [0.25, 0.3) is 5.57 Å². The van der Waals surface area contributed by atoms with Crippen molar-refractivity contribution in [2.45, 2.75) is 116 Å². The van der Waals surface area contributed by atoms with Gasteiger partial charge < -0.3 is 4.74 Å². The fourth-order valence-electron chi connectivity index (χ4n) is 5.94. The number of ether oxygens (including phenoxy) is 1. The molecule has 1 aromatic rings. The standard InChI is InChI=1S/C32H47NO/c1-3-5-7-9-14-26-34-32(24-17-29(18-25-32)28-15-11-10-12-16-28)30-19-22-31(27-33,23-20-30)21-13-8-6-4-2/h10-12,15-18,24,30H,3-9,13-14,19-23,25-26H2,1-2H3. The van der Waals surface area contributed by atoms with Gasteiger partial charge in [0.25, 0.3) is 0 Å². The van der Waals surface area contributed by atoms with E-state index in [0.29, 0.717) is 5.92 Å². The second-order valence-electron chi connectivity index (χ2n) is 10.8. The van der Waals surface area contributed by atoms with Crippen molar-refractivity contribution in [1.82, 2.24) is 0 Å². The summed E-state index contributed by atoms with van der Waals surface area (Å²) >= 11 is 0. The third-order valence-corrected chi connectivity index (χ3v) is 8.29. The lowest BCUT2D eigenvalue weighted by atomic mass is 9.63. The van der Waals surface area contributed by atoms with Crippen molar-refractivity contribution in [3.63, 3.8) is 0 Å². The Morgan fingerprint density at radius 2 is 1.59 bits per heavy atom. The van der Waals surface area contributed by atoms with Crippen LogP contribution in [0.2, 0.25) is 0 Å². The first-order valence-electron chi connectivity index (χ1n) is 14.2. The Morgan fingerprint density at radius 3 is 2.21 bits per heavy atom. The maximum Gasteiger partial charge on any atom is 0.0928 e. The minimum Gasteiger partial charge on any atom is -0.370 e. The Kier molecular flexibility index (Phi) is 10.9. The number of nitriles is 1. The zero-order valence-corrected chi connectivity index (χ0v) is 21.9. The Hall–Kier alpha value is -1.85. The van der Waals surface area contributed by atoms with Crippen LogP contribution in [-0.4, -0.2) is 12.2 Å². The first kappa shape index (κ1) is 26.7. The molecule has 1 aromatic carbocycles. The summed E-state index contributed by atoms with van der Waals surface area (Å²) in [7, 11) is 0.